The maximum absolute atomic E-state index is 11.4. The van der Waals surface area contributed by atoms with Crippen LogP contribution in [-0.2, 0) is 11.2 Å². The molecule has 18 heavy (non-hydrogen) atoms. The van der Waals surface area contributed by atoms with Crippen molar-refractivity contribution in [1.82, 2.24) is 4.98 Å². The minimum atomic E-state index is -0.234. The average Bonchev–Trinajstić information content (AvgIpc) is 2.85. The molecule has 90 valence electrons. The van der Waals surface area contributed by atoms with Crippen molar-refractivity contribution in [1.29, 1.82) is 0 Å². The molecular formula is C15H14N2O. The summed E-state index contributed by atoms with van der Waals surface area (Å²) in [6.07, 6.45) is 5.49. The van der Waals surface area contributed by atoms with E-state index in [1.54, 1.807) is 12.4 Å². The molecule has 1 atom stereocenters. The van der Waals surface area contributed by atoms with Gasteiger partial charge in [0.15, 0.2) is 0 Å². The first-order valence-corrected chi connectivity index (χ1v) is 6.10. The highest BCUT2D eigenvalue weighted by atomic mass is 16.1. The number of hydrogen-bond donors (Lipinski definition) is 0. The molecule has 0 bridgehead atoms. The topological polar surface area (TPSA) is 33.2 Å². The van der Waals surface area contributed by atoms with Gasteiger partial charge in [-0.2, -0.15) is 0 Å². The lowest BCUT2D eigenvalue weighted by Gasteiger charge is -2.26. The molecule has 1 aliphatic heterocycles. The summed E-state index contributed by atoms with van der Waals surface area (Å²) in [6, 6.07) is 11.9. The van der Waals surface area contributed by atoms with Crippen molar-refractivity contribution >= 4 is 12.0 Å². The maximum atomic E-state index is 11.4. The number of pyridine rings is 1. The lowest BCUT2D eigenvalue weighted by molar-refractivity contribution is -0.109. The van der Waals surface area contributed by atoms with Gasteiger partial charge in [0, 0.05) is 24.6 Å². The Balaban J connectivity index is 1.98. The Bertz CT molecular complexity index is 553. The molecule has 1 unspecified atom stereocenters. The smallest absolute Gasteiger partial charge is 0.147 e. The Morgan fingerprint density at radius 1 is 1.22 bits per heavy atom. The summed E-state index contributed by atoms with van der Waals surface area (Å²) >= 11 is 0. The summed E-state index contributed by atoms with van der Waals surface area (Å²) in [5.41, 5.74) is 3.43. The van der Waals surface area contributed by atoms with Crippen molar-refractivity contribution in [3.05, 3.63) is 59.9 Å². The highest BCUT2D eigenvalue weighted by molar-refractivity contribution is 5.72. The van der Waals surface area contributed by atoms with Gasteiger partial charge in [-0.1, -0.05) is 24.3 Å². The van der Waals surface area contributed by atoms with Gasteiger partial charge in [0.2, 0.25) is 0 Å². The van der Waals surface area contributed by atoms with Crippen molar-refractivity contribution in [2.45, 2.75) is 12.5 Å². The fraction of sp³-hybridized carbons (Fsp3) is 0.200. The summed E-state index contributed by atoms with van der Waals surface area (Å²) in [6.45, 7) is 0.887. The van der Waals surface area contributed by atoms with Crippen LogP contribution in [-0.4, -0.2) is 17.8 Å². The summed E-state index contributed by atoms with van der Waals surface area (Å²) in [5.74, 6) is 0. The molecule has 0 fully saturated rings. The molecule has 1 aromatic heterocycles. The molecular weight excluding hydrogens is 224 g/mol. The molecule has 0 radical (unpaired) electrons. The first-order valence-electron chi connectivity index (χ1n) is 6.10. The van der Waals surface area contributed by atoms with Crippen LogP contribution >= 0.6 is 0 Å². The van der Waals surface area contributed by atoms with Gasteiger partial charge in [-0.05, 0) is 29.7 Å². The van der Waals surface area contributed by atoms with Crippen LogP contribution in [0.3, 0.4) is 0 Å². The van der Waals surface area contributed by atoms with Gasteiger partial charge < -0.3 is 9.69 Å². The lowest BCUT2D eigenvalue weighted by atomic mass is 10.1. The number of hydrogen-bond acceptors (Lipinski definition) is 3. The number of aldehydes is 1. The predicted octanol–water partition coefficient (Wildman–Crippen LogP) is 2.38. The molecule has 0 N–H and O–H groups in total. The van der Waals surface area contributed by atoms with Gasteiger partial charge in [0.25, 0.3) is 0 Å². The number of rotatable bonds is 3. The number of anilines is 1. The van der Waals surface area contributed by atoms with Crippen LogP contribution < -0.4 is 4.90 Å². The van der Waals surface area contributed by atoms with E-state index in [2.05, 4.69) is 22.0 Å². The fourth-order valence-corrected chi connectivity index (χ4v) is 2.54. The fourth-order valence-electron chi connectivity index (χ4n) is 2.54. The van der Waals surface area contributed by atoms with Crippen LogP contribution in [0, 0.1) is 0 Å². The highest BCUT2D eigenvalue weighted by Gasteiger charge is 2.26. The number of benzene rings is 1. The Hall–Kier alpha value is -2.16. The van der Waals surface area contributed by atoms with Crippen LogP contribution in [0.15, 0.2) is 48.8 Å². The van der Waals surface area contributed by atoms with Crippen molar-refractivity contribution in [3.63, 3.8) is 0 Å². The molecule has 1 aliphatic rings. The Kier molecular flexibility index (Phi) is 2.81. The summed E-state index contributed by atoms with van der Waals surface area (Å²) in [5, 5.41) is 0. The predicted molar refractivity (Wildman–Crippen MR) is 70.5 cm³/mol. The van der Waals surface area contributed by atoms with E-state index in [1.807, 2.05) is 24.3 Å². The molecule has 3 rings (SSSR count). The second kappa shape index (κ2) is 4.61. The van der Waals surface area contributed by atoms with E-state index >= 15 is 0 Å². The SMILES string of the molecule is O=CC(c1cccnc1)N1CCc2ccccc21. The lowest BCUT2D eigenvalue weighted by Crippen LogP contribution is -2.27. The zero-order chi connectivity index (χ0) is 12.4. The summed E-state index contributed by atoms with van der Waals surface area (Å²) in [7, 11) is 0. The first kappa shape index (κ1) is 11.0. The van der Waals surface area contributed by atoms with Crippen LogP contribution in [0.2, 0.25) is 0 Å². The average molecular weight is 238 g/mol. The Morgan fingerprint density at radius 2 is 2.11 bits per heavy atom. The van der Waals surface area contributed by atoms with Gasteiger partial charge in [-0.25, -0.2) is 0 Å². The zero-order valence-corrected chi connectivity index (χ0v) is 9.99. The summed E-state index contributed by atoms with van der Waals surface area (Å²) in [4.78, 5) is 17.7. The van der Waals surface area contributed by atoms with Gasteiger partial charge in [-0.15, -0.1) is 0 Å². The van der Waals surface area contributed by atoms with E-state index in [1.165, 1.54) is 11.3 Å². The standard InChI is InChI=1S/C15H14N2O/c18-11-15(13-5-3-8-16-10-13)17-9-7-12-4-1-2-6-14(12)17/h1-6,8,10-11,15H,7,9H2. The van der Waals surface area contributed by atoms with E-state index < -0.39 is 0 Å². The van der Waals surface area contributed by atoms with Crippen LogP contribution in [0.5, 0.6) is 0 Å². The first-order chi connectivity index (χ1) is 8.90. The molecule has 0 amide bonds. The summed E-state index contributed by atoms with van der Waals surface area (Å²) < 4.78 is 0. The number of carbonyl (C=O) groups excluding carboxylic acids is 1. The number of aromatic nitrogens is 1. The second-order valence-electron chi connectivity index (χ2n) is 4.44. The zero-order valence-electron chi connectivity index (χ0n) is 9.99. The van der Waals surface area contributed by atoms with Gasteiger partial charge >= 0.3 is 0 Å². The third-order valence-electron chi connectivity index (χ3n) is 3.41. The molecule has 2 heterocycles. The van der Waals surface area contributed by atoms with Crippen molar-refractivity contribution in [2.24, 2.45) is 0 Å². The Morgan fingerprint density at radius 3 is 2.89 bits per heavy atom. The van der Waals surface area contributed by atoms with Gasteiger partial charge in [0.05, 0.1) is 0 Å². The molecule has 1 aromatic carbocycles. The molecule has 0 spiro atoms. The molecule has 2 aromatic rings. The van der Waals surface area contributed by atoms with E-state index in [0.717, 1.165) is 24.8 Å². The highest BCUT2D eigenvalue weighted by Crippen LogP contribution is 2.33. The van der Waals surface area contributed by atoms with Gasteiger partial charge in [0.1, 0.15) is 12.3 Å². The number of nitrogens with zero attached hydrogens (tertiary/aromatic N) is 2. The monoisotopic (exact) mass is 238 g/mol. The second-order valence-corrected chi connectivity index (χ2v) is 4.44. The van der Waals surface area contributed by atoms with Gasteiger partial charge in [-0.3, -0.25) is 4.98 Å². The molecule has 3 nitrogen and oxygen atoms in total. The van der Waals surface area contributed by atoms with Crippen molar-refractivity contribution in [2.75, 3.05) is 11.4 Å². The normalized spacial score (nSPS) is 15.2. The van der Waals surface area contributed by atoms with Crippen LogP contribution in [0.4, 0.5) is 5.69 Å². The minimum absolute atomic E-state index is 0.234. The van der Waals surface area contributed by atoms with Crippen LogP contribution in [0.25, 0.3) is 0 Å². The molecule has 0 saturated carbocycles. The maximum Gasteiger partial charge on any atom is 0.147 e. The molecule has 0 aliphatic carbocycles. The quantitative estimate of drug-likeness (QED) is 0.770. The van der Waals surface area contributed by atoms with Crippen LogP contribution in [0.1, 0.15) is 17.2 Å². The minimum Gasteiger partial charge on any atom is -0.357 e. The Labute approximate surface area is 106 Å². The number of carbonyl (C=O) groups is 1. The largest absolute Gasteiger partial charge is 0.357 e. The third kappa shape index (κ3) is 1.78. The third-order valence-corrected chi connectivity index (χ3v) is 3.41. The molecule has 3 heteroatoms. The van der Waals surface area contributed by atoms with E-state index in [9.17, 15) is 4.79 Å². The van der Waals surface area contributed by atoms with Crippen molar-refractivity contribution < 1.29 is 4.79 Å². The molecule has 0 saturated heterocycles. The van der Waals surface area contributed by atoms with E-state index in [4.69, 9.17) is 0 Å². The van der Waals surface area contributed by atoms with Crippen molar-refractivity contribution in [3.8, 4) is 0 Å². The van der Waals surface area contributed by atoms with E-state index in [0.29, 0.717) is 0 Å². The number of fused-ring (bicyclic) bond motifs is 1. The van der Waals surface area contributed by atoms with E-state index in [-0.39, 0.29) is 6.04 Å². The number of para-hydroxylation sites is 1.